The Balaban J connectivity index is 1.64. The molecule has 0 amide bonds. The maximum atomic E-state index is 5.57. The number of pyridine rings is 1. The van der Waals surface area contributed by atoms with Crippen molar-refractivity contribution < 1.29 is 4.74 Å². The lowest BCUT2D eigenvalue weighted by Crippen LogP contribution is -2.27. The third-order valence-electron chi connectivity index (χ3n) is 3.30. The smallest absolute Gasteiger partial charge is 0.172 e. The average Bonchev–Trinajstić information content (AvgIpc) is 3.10. The third-order valence-corrected chi connectivity index (χ3v) is 3.30. The quantitative estimate of drug-likeness (QED) is 0.862. The Kier molecular flexibility index (Phi) is 3.98. The van der Waals surface area contributed by atoms with Gasteiger partial charge in [0.15, 0.2) is 11.6 Å². The molecule has 0 radical (unpaired) electrons. The van der Waals surface area contributed by atoms with Crippen LogP contribution in [0.4, 0.5) is 0 Å². The molecule has 1 saturated heterocycles. The van der Waals surface area contributed by atoms with Crippen LogP contribution in [0.1, 0.15) is 24.4 Å². The Hall–Kier alpha value is -1.86. The van der Waals surface area contributed by atoms with Crippen molar-refractivity contribution in [3.8, 4) is 5.82 Å². The van der Waals surface area contributed by atoms with E-state index in [1.807, 2.05) is 25.1 Å². The number of rotatable bonds is 5. The zero-order valence-electron chi connectivity index (χ0n) is 11.5. The number of nitrogens with one attached hydrogen (secondary N) is 1. The molecule has 3 rings (SSSR count). The summed E-state index contributed by atoms with van der Waals surface area (Å²) in [5.41, 5.74) is 0.941. The first-order valence-electron chi connectivity index (χ1n) is 6.86. The van der Waals surface area contributed by atoms with Gasteiger partial charge in [0.2, 0.25) is 0 Å². The minimum absolute atomic E-state index is 0.316. The van der Waals surface area contributed by atoms with E-state index in [1.54, 1.807) is 4.68 Å². The number of tetrazole rings is 1. The molecule has 7 nitrogen and oxygen atoms in total. The van der Waals surface area contributed by atoms with E-state index in [-0.39, 0.29) is 0 Å². The number of aryl methyl sites for hydroxylation is 1. The van der Waals surface area contributed by atoms with Crippen LogP contribution in [0.2, 0.25) is 0 Å². The molecule has 1 N–H and O–H groups in total. The molecule has 0 saturated carbocycles. The van der Waals surface area contributed by atoms with Crippen LogP contribution in [-0.2, 0) is 11.3 Å². The van der Waals surface area contributed by atoms with E-state index in [2.05, 4.69) is 25.8 Å². The van der Waals surface area contributed by atoms with Crippen LogP contribution < -0.4 is 5.32 Å². The molecule has 7 heteroatoms. The van der Waals surface area contributed by atoms with Crippen molar-refractivity contribution in [2.75, 3.05) is 13.2 Å². The summed E-state index contributed by atoms with van der Waals surface area (Å²) in [6.45, 7) is 4.25. The minimum atomic E-state index is 0.316. The van der Waals surface area contributed by atoms with E-state index in [4.69, 9.17) is 4.74 Å². The zero-order chi connectivity index (χ0) is 13.8. The Morgan fingerprint density at radius 1 is 1.45 bits per heavy atom. The molecule has 2 aromatic heterocycles. The van der Waals surface area contributed by atoms with Crippen LogP contribution in [0, 0.1) is 6.92 Å². The highest BCUT2D eigenvalue weighted by Gasteiger charge is 2.15. The standard InChI is InChI=1S/C13H18N6O/c1-10-4-2-6-12(15-10)19-13(16-17-18-19)9-14-8-11-5-3-7-20-11/h2,4,6,11,14H,3,5,7-9H2,1H3. The maximum Gasteiger partial charge on any atom is 0.172 e. The third kappa shape index (κ3) is 3.00. The molecule has 1 aliphatic rings. The van der Waals surface area contributed by atoms with Crippen LogP contribution >= 0.6 is 0 Å². The van der Waals surface area contributed by atoms with Gasteiger partial charge < -0.3 is 10.1 Å². The summed E-state index contributed by atoms with van der Waals surface area (Å²) in [7, 11) is 0. The van der Waals surface area contributed by atoms with E-state index >= 15 is 0 Å². The van der Waals surface area contributed by atoms with Gasteiger partial charge in [0.1, 0.15) is 0 Å². The van der Waals surface area contributed by atoms with Crippen molar-refractivity contribution in [1.29, 1.82) is 0 Å². The predicted octanol–water partition coefficient (Wildman–Crippen LogP) is 0.634. The van der Waals surface area contributed by atoms with Crippen molar-refractivity contribution in [2.24, 2.45) is 0 Å². The Bertz CT molecular complexity index is 563. The second-order valence-electron chi connectivity index (χ2n) is 4.91. The fourth-order valence-corrected chi connectivity index (χ4v) is 2.29. The highest BCUT2D eigenvalue weighted by molar-refractivity contribution is 5.23. The molecule has 3 heterocycles. The molecule has 0 bridgehead atoms. The number of ether oxygens (including phenoxy) is 1. The Morgan fingerprint density at radius 3 is 3.20 bits per heavy atom. The molecule has 1 aliphatic heterocycles. The molecular weight excluding hydrogens is 256 g/mol. The van der Waals surface area contributed by atoms with Crippen LogP contribution in [0.25, 0.3) is 5.82 Å². The van der Waals surface area contributed by atoms with Crippen molar-refractivity contribution >= 4 is 0 Å². The zero-order valence-corrected chi connectivity index (χ0v) is 11.5. The first-order valence-corrected chi connectivity index (χ1v) is 6.86. The van der Waals surface area contributed by atoms with Crippen LogP contribution in [0.5, 0.6) is 0 Å². The lowest BCUT2D eigenvalue weighted by molar-refractivity contribution is 0.109. The highest BCUT2D eigenvalue weighted by Crippen LogP contribution is 2.11. The lowest BCUT2D eigenvalue weighted by Gasteiger charge is -2.10. The summed E-state index contributed by atoms with van der Waals surface area (Å²) in [6, 6.07) is 5.79. The van der Waals surface area contributed by atoms with Crippen LogP contribution in [-0.4, -0.2) is 44.4 Å². The first-order chi connectivity index (χ1) is 9.83. The number of hydrogen-bond acceptors (Lipinski definition) is 6. The molecule has 0 aliphatic carbocycles. The van der Waals surface area contributed by atoms with E-state index in [1.165, 1.54) is 0 Å². The summed E-state index contributed by atoms with van der Waals surface area (Å²) in [6.07, 6.45) is 2.59. The van der Waals surface area contributed by atoms with Crippen LogP contribution in [0.3, 0.4) is 0 Å². The molecule has 2 aromatic rings. The molecule has 106 valence electrons. The summed E-state index contributed by atoms with van der Waals surface area (Å²) in [4.78, 5) is 4.43. The molecule has 20 heavy (non-hydrogen) atoms. The van der Waals surface area contributed by atoms with E-state index < -0.39 is 0 Å². The fraction of sp³-hybridized carbons (Fsp3) is 0.538. The molecule has 0 aromatic carbocycles. The van der Waals surface area contributed by atoms with Crippen LogP contribution in [0.15, 0.2) is 18.2 Å². The van der Waals surface area contributed by atoms with Gasteiger partial charge in [0.05, 0.1) is 12.6 Å². The van der Waals surface area contributed by atoms with Gasteiger partial charge in [-0.2, -0.15) is 4.68 Å². The SMILES string of the molecule is Cc1cccc(-n2nnnc2CNCC2CCCO2)n1. The van der Waals surface area contributed by atoms with Gasteiger partial charge in [-0.05, 0) is 42.3 Å². The minimum Gasteiger partial charge on any atom is -0.377 e. The van der Waals surface area contributed by atoms with Crippen molar-refractivity contribution in [1.82, 2.24) is 30.5 Å². The van der Waals surface area contributed by atoms with Gasteiger partial charge in [-0.3, -0.25) is 0 Å². The second kappa shape index (κ2) is 6.06. The fourth-order valence-electron chi connectivity index (χ4n) is 2.29. The predicted molar refractivity (Wildman–Crippen MR) is 72.4 cm³/mol. The molecule has 1 fully saturated rings. The maximum absolute atomic E-state index is 5.57. The van der Waals surface area contributed by atoms with Gasteiger partial charge in [-0.1, -0.05) is 6.07 Å². The Labute approximate surface area is 117 Å². The van der Waals surface area contributed by atoms with Gasteiger partial charge >= 0.3 is 0 Å². The number of nitrogens with zero attached hydrogens (tertiary/aromatic N) is 5. The molecule has 1 atom stereocenters. The van der Waals surface area contributed by atoms with E-state index in [0.29, 0.717) is 12.6 Å². The lowest BCUT2D eigenvalue weighted by atomic mass is 10.2. The molecule has 1 unspecified atom stereocenters. The van der Waals surface area contributed by atoms with Crippen molar-refractivity contribution in [3.05, 3.63) is 29.7 Å². The summed E-state index contributed by atoms with van der Waals surface area (Å²) >= 11 is 0. The van der Waals surface area contributed by atoms with Crippen molar-refractivity contribution in [2.45, 2.75) is 32.4 Å². The molecule has 0 spiro atoms. The Morgan fingerprint density at radius 2 is 2.40 bits per heavy atom. The highest BCUT2D eigenvalue weighted by atomic mass is 16.5. The largest absolute Gasteiger partial charge is 0.377 e. The van der Waals surface area contributed by atoms with Gasteiger partial charge in [0.25, 0.3) is 0 Å². The number of aromatic nitrogens is 5. The summed E-state index contributed by atoms with van der Waals surface area (Å²) in [5, 5.41) is 15.1. The second-order valence-corrected chi connectivity index (χ2v) is 4.91. The van der Waals surface area contributed by atoms with Gasteiger partial charge in [-0.25, -0.2) is 4.98 Å². The number of hydrogen-bond donors (Lipinski definition) is 1. The van der Waals surface area contributed by atoms with Gasteiger partial charge in [-0.15, -0.1) is 5.10 Å². The van der Waals surface area contributed by atoms with E-state index in [0.717, 1.165) is 43.3 Å². The first kappa shape index (κ1) is 13.1. The summed E-state index contributed by atoms with van der Waals surface area (Å²) in [5.74, 6) is 1.49. The average molecular weight is 274 g/mol. The summed E-state index contributed by atoms with van der Waals surface area (Å²) < 4.78 is 7.23. The van der Waals surface area contributed by atoms with Gasteiger partial charge in [0, 0.05) is 18.8 Å². The van der Waals surface area contributed by atoms with Crippen molar-refractivity contribution in [3.63, 3.8) is 0 Å². The monoisotopic (exact) mass is 274 g/mol. The van der Waals surface area contributed by atoms with E-state index in [9.17, 15) is 0 Å². The topological polar surface area (TPSA) is 77.8 Å². The molecular formula is C13H18N6O. The normalized spacial score (nSPS) is 18.6.